The summed E-state index contributed by atoms with van der Waals surface area (Å²) in [4.78, 5) is 26.4. The van der Waals surface area contributed by atoms with Crippen molar-refractivity contribution in [2.45, 2.75) is 19.5 Å². The maximum atomic E-state index is 11.4. The Morgan fingerprint density at radius 1 is 1.30 bits per heavy atom. The van der Waals surface area contributed by atoms with E-state index in [-0.39, 0.29) is 12.3 Å². The van der Waals surface area contributed by atoms with Gasteiger partial charge in [0.05, 0.1) is 11.9 Å². The molecular formula is C12H19N5O3. The average molecular weight is 281 g/mol. The molecule has 0 atom stereocenters. The van der Waals surface area contributed by atoms with Gasteiger partial charge in [-0.25, -0.2) is 4.68 Å². The van der Waals surface area contributed by atoms with Crippen LogP contribution < -0.4 is 0 Å². The number of carboxylic acids is 1. The highest BCUT2D eigenvalue weighted by Crippen LogP contribution is 2.05. The van der Waals surface area contributed by atoms with Crippen LogP contribution in [0.1, 0.15) is 12.1 Å². The normalized spacial score (nSPS) is 17.2. The molecule has 0 amide bonds. The van der Waals surface area contributed by atoms with Gasteiger partial charge in [0.15, 0.2) is 5.78 Å². The fraction of sp³-hybridized carbons (Fsp3) is 0.667. The Morgan fingerprint density at radius 2 is 2.00 bits per heavy atom. The molecule has 8 nitrogen and oxygen atoms in total. The van der Waals surface area contributed by atoms with Gasteiger partial charge in [-0.15, -0.1) is 5.10 Å². The number of aromatic nitrogens is 3. The number of Topliss-reactive ketones (excluding diaryl/α,β-unsaturated/α-hetero) is 1. The number of piperazine rings is 1. The van der Waals surface area contributed by atoms with Crippen molar-refractivity contribution in [1.29, 1.82) is 0 Å². The number of likely N-dealkylation sites (N-methyl/N-ethyl adjacent to an activating group) is 1. The summed E-state index contributed by atoms with van der Waals surface area (Å²) in [6.07, 6.45) is 1.23. The van der Waals surface area contributed by atoms with Crippen molar-refractivity contribution in [3.05, 3.63) is 11.9 Å². The van der Waals surface area contributed by atoms with Crippen molar-refractivity contribution < 1.29 is 14.7 Å². The third-order valence-corrected chi connectivity index (χ3v) is 3.25. The molecular weight excluding hydrogens is 262 g/mol. The SMILES string of the molecule is CN1CCN(Cc2cn(CC(=O)CC(=O)O)nn2)CC1. The van der Waals surface area contributed by atoms with Gasteiger partial charge in [0, 0.05) is 32.7 Å². The largest absolute Gasteiger partial charge is 0.481 e. The summed E-state index contributed by atoms with van der Waals surface area (Å²) in [6.45, 7) is 4.71. The second-order valence-corrected chi connectivity index (χ2v) is 5.10. The monoisotopic (exact) mass is 281 g/mol. The summed E-state index contributed by atoms with van der Waals surface area (Å²) >= 11 is 0. The van der Waals surface area contributed by atoms with Crippen LogP contribution in [0.4, 0.5) is 0 Å². The lowest BCUT2D eigenvalue weighted by atomic mass is 10.3. The van der Waals surface area contributed by atoms with Gasteiger partial charge in [0.1, 0.15) is 13.0 Å². The van der Waals surface area contributed by atoms with Gasteiger partial charge >= 0.3 is 5.97 Å². The summed E-state index contributed by atoms with van der Waals surface area (Å²) in [5.41, 5.74) is 0.803. The molecule has 0 spiro atoms. The van der Waals surface area contributed by atoms with Gasteiger partial charge in [0.2, 0.25) is 0 Å². The topological polar surface area (TPSA) is 91.6 Å². The molecule has 2 heterocycles. The van der Waals surface area contributed by atoms with Crippen molar-refractivity contribution in [2.75, 3.05) is 33.2 Å². The van der Waals surface area contributed by atoms with E-state index in [1.54, 1.807) is 6.20 Å². The summed E-state index contributed by atoms with van der Waals surface area (Å²) in [5.74, 6) is -1.50. The number of carbonyl (C=O) groups excluding carboxylic acids is 1. The average Bonchev–Trinajstić information content (AvgIpc) is 2.78. The lowest BCUT2D eigenvalue weighted by molar-refractivity contribution is -0.140. The number of hydrogen-bond donors (Lipinski definition) is 1. The minimum Gasteiger partial charge on any atom is -0.481 e. The van der Waals surface area contributed by atoms with Gasteiger partial charge in [-0.3, -0.25) is 14.5 Å². The van der Waals surface area contributed by atoms with Crippen molar-refractivity contribution in [2.24, 2.45) is 0 Å². The highest BCUT2D eigenvalue weighted by molar-refractivity contribution is 5.94. The predicted molar refractivity (Wildman–Crippen MR) is 70.1 cm³/mol. The van der Waals surface area contributed by atoms with E-state index in [0.29, 0.717) is 6.54 Å². The van der Waals surface area contributed by atoms with Crippen LogP contribution >= 0.6 is 0 Å². The van der Waals surface area contributed by atoms with Gasteiger partial charge in [0.25, 0.3) is 0 Å². The zero-order chi connectivity index (χ0) is 14.5. The smallest absolute Gasteiger partial charge is 0.310 e. The van der Waals surface area contributed by atoms with E-state index in [1.807, 2.05) is 0 Å². The first-order valence-corrected chi connectivity index (χ1v) is 6.56. The summed E-state index contributed by atoms with van der Waals surface area (Å²) < 4.78 is 1.40. The van der Waals surface area contributed by atoms with Crippen molar-refractivity contribution in [3.8, 4) is 0 Å². The van der Waals surface area contributed by atoms with Gasteiger partial charge < -0.3 is 10.0 Å². The number of ketones is 1. The molecule has 1 aromatic rings. The Hall–Kier alpha value is -1.80. The summed E-state index contributed by atoms with van der Waals surface area (Å²) in [7, 11) is 2.10. The molecule has 0 saturated carbocycles. The third-order valence-electron chi connectivity index (χ3n) is 3.25. The molecule has 110 valence electrons. The highest BCUT2D eigenvalue weighted by atomic mass is 16.4. The quantitative estimate of drug-likeness (QED) is 0.673. The minimum atomic E-state index is -1.12. The maximum absolute atomic E-state index is 11.4. The molecule has 2 rings (SSSR count). The fourth-order valence-electron chi connectivity index (χ4n) is 2.13. The first-order valence-electron chi connectivity index (χ1n) is 6.56. The van der Waals surface area contributed by atoms with Crippen molar-refractivity contribution >= 4 is 11.8 Å². The molecule has 0 bridgehead atoms. The number of hydrogen-bond acceptors (Lipinski definition) is 6. The predicted octanol–water partition coefficient (Wildman–Crippen LogP) is -0.931. The Kier molecular flexibility index (Phi) is 4.80. The van der Waals surface area contributed by atoms with Crippen molar-refractivity contribution in [1.82, 2.24) is 24.8 Å². The van der Waals surface area contributed by atoms with Gasteiger partial charge in [-0.1, -0.05) is 5.21 Å². The number of aliphatic carboxylic acids is 1. The fourth-order valence-corrected chi connectivity index (χ4v) is 2.13. The van der Waals surface area contributed by atoms with Crippen LogP contribution in [-0.2, 0) is 22.7 Å². The molecule has 1 aromatic heterocycles. The Morgan fingerprint density at radius 3 is 2.65 bits per heavy atom. The zero-order valence-corrected chi connectivity index (χ0v) is 11.5. The lowest BCUT2D eigenvalue weighted by Crippen LogP contribution is -2.43. The third kappa shape index (κ3) is 4.39. The molecule has 0 aromatic carbocycles. The second-order valence-electron chi connectivity index (χ2n) is 5.10. The Balaban J connectivity index is 1.83. The van der Waals surface area contributed by atoms with Crippen LogP contribution in [0, 0.1) is 0 Å². The Bertz CT molecular complexity index is 479. The first kappa shape index (κ1) is 14.6. The minimum absolute atomic E-state index is 0.0396. The van der Waals surface area contributed by atoms with E-state index in [1.165, 1.54) is 4.68 Å². The van der Waals surface area contributed by atoms with E-state index in [4.69, 9.17) is 5.11 Å². The molecule has 0 aliphatic carbocycles. The Labute approximate surface area is 117 Å². The molecule has 1 aliphatic heterocycles. The number of carbonyl (C=O) groups is 2. The van der Waals surface area contributed by atoms with Crippen LogP contribution in [0.15, 0.2) is 6.20 Å². The van der Waals surface area contributed by atoms with E-state index in [2.05, 4.69) is 27.2 Å². The highest BCUT2D eigenvalue weighted by Gasteiger charge is 2.16. The van der Waals surface area contributed by atoms with Crippen LogP contribution in [0.5, 0.6) is 0 Å². The molecule has 0 unspecified atom stereocenters. The van der Waals surface area contributed by atoms with Gasteiger partial charge in [-0.05, 0) is 7.05 Å². The molecule has 8 heteroatoms. The standard InChI is InChI=1S/C12H19N5O3/c1-15-2-4-16(5-3-15)7-10-8-17(14-13-10)9-11(18)6-12(19)20/h8H,2-7,9H2,1H3,(H,19,20). The van der Waals surface area contributed by atoms with Crippen LogP contribution in [0.2, 0.25) is 0 Å². The number of rotatable bonds is 6. The van der Waals surface area contributed by atoms with Crippen LogP contribution in [0.3, 0.4) is 0 Å². The van der Waals surface area contributed by atoms with Gasteiger partial charge in [-0.2, -0.15) is 0 Å². The van der Waals surface area contributed by atoms with Crippen LogP contribution in [-0.4, -0.2) is 74.9 Å². The van der Waals surface area contributed by atoms with E-state index < -0.39 is 12.4 Å². The van der Waals surface area contributed by atoms with E-state index >= 15 is 0 Å². The zero-order valence-electron chi connectivity index (χ0n) is 11.5. The molecule has 1 N–H and O–H groups in total. The molecule has 0 radical (unpaired) electrons. The maximum Gasteiger partial charge on any atom is 0.310 e. The first-order chi connectivity index (χ1) is 9.52. The second kappa shape index (κ2) is 6.58. The summed E-state index contributed by atoms with van der Waals surface area (Å²) in [5, 5.41) is 16.4. The van der Waals surface area contributed by atoms with Crippen molar-refractivity contribution in [3.63, 3.8) is 0 Å². The van der Waals surface area contributed by atoms with Crippen LogP contribution in [0.25, 0.3) is 0 Å². The van der Waals surface area contributed by atoms with E-state index in [0.717, 1.165) is 31.9 Å². The molecule has 1 aliphatic rings. The molecule has 1 saturated heterocycles. The molecule has 1 fully saturated rings. The molecule has 20 heavy (non-hydrogen) atoms. The number of carboxylic acid groups (broad SMARTS) is 1. The number of nitrogens with zero attached hydrogens (tertiary/aromatic N) is 5. The lowest BCUT2D eigenvalue weighted by Gasteiger charge is -2.31. The van der Waals surface area contributed by atoms with E-state index in [9.17, 15) is 9.59 Å². The summed E-state index contributed by atoms with van der Waals surface area (Å²) in [6, 6.07) is 0.